The van der Waals surface area contributed by atoms with Crippen LogP contribution in [0.5, 0.6) is 11.5 Å². The Morgan fingerprint density at radius 3 is 2.57 bits per heavy atom. The van der Waals surface area contributed by atoms with Crippen molar-refractivity contribution in [3.05, 3.63) is 125 Å². The third-order valence-corrected chi connectivity index (χ3v) is 7.93. The molecule has 7 nitrogen and oxygen atoms in total. The molecule has 216 valence electrons. The van der Waals surface area contributed by atoms with Crippen molar-refractivity contribution in [1.29, 1.82) is 0 Å². The molecule has 0 fully saturated rings. The molecule has 0 aliphatic carbocycles. The van der Waals surface area contributed by atoms with Crippen molar-refractivity contribution in [3.63, 3.8) is 0 Å². The van der Waals surface area contributed by atoms with Crippen LogP contribution >= 0.6 is 22.9 Å². The third-order valence-electron chi connectivity index (χ3n) is 6.67. The summed E-state index contributed by atoms with van der Waals surface area (Å²) < 4.78 is 32.4. The molecule has 0 unspecified atom stereocenters. The minimum absolute atomic E-state index is 0.0945. The van der Waals surface area contributed by atoms with Gasteiger partial charge in [0.15, 0.2) is 16.3 Å². The van der Waals surface area contributed by atoms with Crippen LogP contribution in [0.4, 0.5) is 4.39 Å². The van der Waals surface area contributed by atoms with Gasteiger partial charge in [0.25, 0.3) is 5.56 Å². The summed E-state index contributed by atoms with van der Waals surface area (Å²) in [6, 6.07) is 18.2. The van der Waals surface area contributed by atoms with Crippen LogP contribution in [0.1, 0.15) is 43.0 Å². The largest absolute Gasteiger partial charge is 0.490 e. The highest BCUT2D eigenvalue weighted by atomic mass is 35.5. The van der Waals surface area contributed by atoms with E-state index in [2.05, 4.69) is 0 Å². The van der Waals surface area contributed by atoms with Crippen LogP contribution in [0.25, 0.3) is 6.08 Å². The van der Waals surface area contributed by atoms with E-state index < -0.39 is 12.0 Å². The van der Waals surface area contributed by atoms with E-state index in [0.29, 0.717) is 56.3 Å². The van der Waals surface area contributed by atoms with Gasteiger partial charge in [0.05, 0.1) is 40.6 Å². The molecular formula is C32H28ClFN2O5S. The molecule has 1 aliphatic rings. The highest BCUT2D eigenvalue weighted by Gasteiger charge is 2.33. The zero-order valence-corrected chi connectivity index (χ0v) is 24.8. The fourth-order valence-corrected chi connectivity index (χ4v) is 6.12. The number of rotatable bonds is 9. The Bertz CT molecular complexity index is 1850. The standard InChI is InChI=1S/C32H28ClFN2O5S/c1-4-24-27(31(38)39-3)28(21-11-7-6-8-12-21)36-30(37)26(42-32(36)35-24)17-20-15-23(33)29(25(16-20)40-5-2)41-18-19-10-9-13-22(34)14-19/h6-17,28H,4-5,18H2,1-3H3/b26-17-/t28-/m0/s1. The quantitative estimate of drug-likeness (QED) is 0.233. The highest BCUT2D eigenvalue weighted by molar-refractivity contribution is 7.07. The Morgan fingerprint density at radius 1 is 1.10 bits per heavy atom. The van der Waals surface area contributed by atoms with E-state index in [-0.39, 0.29) is 23.0 Å². The van der Waals surface area contributed by atoms with E-state index in [9.17, 15) is 14.0 Å². The fourth-order valence-electron chi connectivity index (χ4n) is 4.82. The predicted molar refractivity (Wildman–Crippen MR) is 160 cm³/mol. The lowest BCUT2D eigenvalue weighted by Crippen LogP contribution is -2.40. The number of allylic oxidation sites excluding steroid dienone is 1. The van der Waals surface area contributed by atoms with Crippen LogP contribution in [0.15, 0.2) is 87.8 Å². The topological polar surface area (TPSA) is 79.1 Å². The molecule has 1 aliphatic heterocycles. The normalized spacial score (nSPS) is 14.8. The van der Waals surface area contributed by atoms with E-state index in [0.717, 1.165) is 5.56 Å². The number of hydrogen-bond acceptors (Lipinski definition) is 7. The molecule has 0 N–H and O–H groups in total. The SMILES string of the molecule is CCOc1cc(/C=c2\sc3n(c2=O)[C@@H](c2ccccc2)C(C(=O)OC)=C(CC)N=3)cc(Cl)c1OCc1cccc(F)c1. The van der Waals surface area contributed by atoms with Gasteiger partial charge in [-0.3, -0.25) is 9.36 Å². The number of hydrogen-bond donors (Lipinski definition) is 0. The number of nitrogens with zero attached hydrogens (tertiary/aromatic N) is 2. The molecule has 1 aromatic heterocycles. The molecule has 5 rings (SSSR count). The zero-order valence-electron chi connectivity index (χ0n) is 23.2. The molecule has 0 bridgehead atoms. The number of carbonyl (C=O) groups excluding carboxylic acids is 1. The van der Waals surface area contributed by atoms with Crippen LogP contribution in [0, 0.1) is 5.82 Å². The summed E-state index contributed by atoms with van der Waals surface area (Å²) in [7, 11) is 1.32. The average molecular weight is 607 g/mol. The van der Waals surface area contributed by atoms with Crippen LogP contribution in [-0.2, 0) is 16.1 Å². The molecule has 42 heavy (non-hydrogen) atoms. The van der Waals surface area contributed by atoms with Gasteiger partial charge in [0.1, 0.15) is 12.4 Å². The first-order valence-corrected chi connectivity index (χ1v) is 14.6. The van der Waals surface area contributed by atoms with Crippen molar-refractivity contribution in [1.82, 2.24) is 4.57 Å². The molecule has 1 atom stereocenters. The number of esters is 1. The Balaban J connectivity index is 1.60. The lowest BCUT2D eigenvalue weighted by molar-refractivity contribution is -0.136. The summed E-state index contributed by atoms with van der Waals surface area (Å²) in [5, 5.41) is 0.278. The second-order valence-corrected chi connectivity index (χ2v) is 10.8. The average Bonchev–Trinajstić information content (AvgIpc) is 3.30. The molecule has 3 aromatic carbocycles. The minimum atomic E-state index is -0.687. The molecule has 0 saturated heterocycles. The maximum Gasteiger partial charge on any atom is 0.338 e. The zero-order chi connectivity index (χ0) is 29.8. The monoisotopic (exact) mass is 606 g/mol. The molecule has 0 radical (unpaired) electrons. The van der Waals surface area contributed by atoms with Crippen molar-refractivity contribution < 1.29 is 23.4 Å². The van der Waals surface area contributed by atoms with E-state index in [4.69, 9.17) is 30.8 Å². The first-order chi connectivity index (χ1) is 20.3. The smallest absolute Gasteiger partial charge is 0.338 e. The van der Waals surface area contributed by atoms with Gasteiger partial charge in [-0.25, -0.2) is 14.2 Å². The molecule has 2 heterocycles. The Labute approximate surface area is 250 Å². The summed E-state index contributed by atoms with van der Waals surface area (Å²) in [5.74, 6) is -0.173. The van der Waals surface area contributed by atoms with Gasteiger partial charge >= 0.3 is 5.97 Å². The number of fused-ring (bicyclic) bond motifs is 1. The molecular weight excluding hydrogens is 579 g/mol. The maximum atomic E-state index is 13.9. The van der Waals surface area contributed by atoms with Crippen LogP contribution in [0.2, 0.25) is 5.02 Å². The van der Waals surface area contributed by atoms with Gasteiger partial charge in [0, 0.05) is 0 Å². The highest BCUT2D eigenvalue weighted by Crippen LogP contribution is 2.38. The summed E-state index contributed by atoms with van der Waals surface area (Å²) in [5.41, 5.74) is 2.64. The van der Waals surface area contributed by atoms with Crippen LogP contribution < -0.4 is 24.4 Å². The van der Waals surface area contributed by atoms with E-state index in [1.165, 1.54) is 30.6 Å². The minimum Gasteiger partial charge on any atom is -0.490 e. The molecule has 10 heteroatoms. The number of ether oxygens (including phenoxy) is 3. The van der Waals surface area contributed by atoms with E-state index in [1.54, 1.807) is 34.9 Å². The number of carbonyl (C=O) groups is 1. The van der Waals surface area contributed by atoms with E-state index in [1.807, 2.05) is 44.2 Å². The molecule has 4 aromatic rings. The fraction of sp³-hybridized carbons (Fsp3) is 0.219. The Morgan fingerprint density at radius 2 is 1.88 bits per heavy atom. The molecule has 0 spiro atoms. The van der Waals surface area contributed by atoms with Gasteiger partial charge < -0.3 is 14.2 Å². The van der Waals surface area contributed by atoms with Crippen LogP contribution in [0.3, 0.4) is 0 Å². The van der Waals surface area contributed by atoms with Crippen LogP contribution in [-0.4, -0.2) is 24.3 Å². The number of thiazole rings is 1. The summed E-state index contributed by atoms with van der Waals surface area (Å²) >= 11 is 7.86. The van der Waals surface area contributed by atoms with Crippen molar-refractivity contribution >= 4 is 35.0 Å². The summed E-state index contributed by atoms with van der Waals surface area (Å²) in [6.45, 7) is 4.19. The van der Waals surface area contributed by atoms with Gasteiger partial charge in [-0.2, -0.15) is 0 Å². The van der Waals surface area contributed by atoms with Crippen molar-refractivity contribution in [2.75, 3.05) is 13.7 Å². The first-order valence-electron chi connectivity index (χ1n) is 13.4. The second kappa shape index (κ2) is 12.8. The molecule has 0 amide bonds. The lowest BCUT2D eigenvalue weighted by Gasteiger charge is -2.25. The number of aromatic nitrogens is 1. The summed E-state index contributed by atoms with van der Waals surface area (Å²) in [4.78, 5) is 32.0. The van der Waals surface area contributed by atoms with Gasteiger partial charge in [-0.1, -0.05) is 72.3 Å². The third kappa shape index (κ3) is 5.89. The van der Waals surface area contributed by atoms with Gasteiger partial charge in [-0.05, 0) is 60.4 Å². The number of methoxy groups -OCH3 is 1. The lowest BCUT2D eigenvalue weighted by atomic mass is 9.95. The van der Waals surface area contributed by atoms with Gasteiger partial charge in [-0.15, -0.1) is 0 Å². The van der Waals surface area contributed by atoms with Crippen molar-refractivity contribution in [3.8, 4) is 11.5 Å². The van der Waals surface area contributed by atoms with E-state index >= 15 is 0 Å². The molecule has 0 saturated carbocycles. The van der Waals surface area contributed by atoms with Crippen molar-refractivity contribution in [2.45, 2.75) is 32.9 Å². The Kier molecular flexibility index (Phi) is 8.89. The number of benzene rings is 3. The second-order valence-electron chi connectivity index (χ2n) is 9.38. The van der Waals surface area contributed by atoms with Crippen molar-refractivity contribution in [2.24, 2.45) is 4.99 Å². The first kappa shape index (κ1) is 29.3. The Hall–Kier alpha value is -4.21. The van der Waals surface area contributed by atoms with Gasteiger partial charge in [0.2, 0.25) is 0 Å². The predicted octanol–water partition coefficient (Wildman–Crippen LogP) is 5.57. The summed E-state index contributed by atoms with van der Waals surface area (Å²) in [6.07, 6.45) is 2.20. The number of halogens is 2. The maximum absolute atomic E-state index is 13.9.